The molecule has 0 spiro atoms. The number of imide groups is 1. The van der Waals surface area contributed by atoms with E-state index in [0.717, 1.165) is 16.2 Å². The summed E-state index contributed by atoms with van der Waals surface area (Å²) in [6.45, 7) is 1.89. The Balaban J connectivity index is 2.26. The summed E-state index contributed by atoms with van der Waals surface area (Å²) in [7, 11) is 1.47. The van der Waals surface area contributed by atoms with E-state index in [1.54, 1.807) is 11.8 Å². The van der Waals surface area contributed by atoms with E-state index < -0.39 is 11.9 Å². The number of piperazine rings is 1. The Hall–Kier alpha value is -2.37. The number of hydrogen-bond donors (Lipinski definition) is 1. The minimum atomic E-state index is -0.865. The second-order valence-electron chi connectivity index (χ2n) is 5.27. The van der Waals surface area contributed by atoms with Crippen LogP contribution in [0.2, 0.25) is 0 Å². The predicted molar refractivity (Wildman–Crippen MR) is 76.9 cm³/mol. The number of anilines is 1. The standard InChI is InChI=1S/C15H18N2O4/c1-10(15(20)21)7-11-5-3-4-6-12(11)17-8-13(18)16(2)14(19)9-17/h3-6,10H,7-9H2,1-2H3,(H,20,21). The van der Waals surface area contributed by atoms with Gasteiger partial charge in [0.05, 0.1) is 19.0 Å². The molecule has 0 bridgehead atoms. The lowest BCUT2D eigenvalue weighted by molar-refractivity contribution is -0.144. The van der Waals surface area contributed by atoms with Crippen LogP contribution >= 0.6 is 0 Å². The maximum Gasteiger partial charge on any atom is 0.306 e. The maximum atomic E-state index is 11.8. The van der Waals surface area contributed by atoms with Gasteiger partial charge in [-0.05, 0) is 18.1 Å². The van der Waals surface area contributed by atoms with Gasteiger partial charge in [0.1, 0.15) is 0 Å². The number of hydrogen-bond acceptors (Lipinski definition) is 4. The van der Waals surface area contributed by atoms with Crippen molar-refractivity contribution in [2.24, 2.45) is 5.92 Å². The summed E-state index contributed by atoms with van der Waals surface area (Å²) in [4.78, 5) is 37.4. The highest BCUT2D eigenvalue weighted by molar-refractivity contribution is 6.02. The fraction of sp³-hybridized carbons (Fsp3) is 0.400. The number of amides is 2. The first-order chi connectivity index (χ1) is 9.90. The zero-order valence-electron chi connectivity index (χ0n) is 12.1. The molecule has 1 unspecified atom stereocenters. The Morgan fingerprint density at radius 3 is 2.38 bits per heavy atom. The largest absolute Gasteiger partial charge is 0.481 e. The quantitative estimate of drug-likeness (QED) is 0.828. The van der Waals surface area contributed by atoms with Gasteiger partial charge in [-0.25, -0.2) is 0 Å². The highest BCUT2D eigenvalue weighted by Crippen LogP contribution is 2.24. The molecule has 0 aliphatic carbocycles. The molecule has 6 nitrogen and oxygen atoms in total. The van der Waals surface area contributed by atoms with Gasteiger partial charge >= 0.3 is 5.97 Å². The SMILES string of the molecule is CC(Cc1ccccc1N1CC(=O)N(C)C(=O)C1)C(=O)O. The lowest BCUT2D eigenvalue weighted by Crippen LogP contribution is -2.52. The van der Waals surface area contributed by atoms with Crippen LogP contribution in [-0.2, 0) is 20.8 Å². The van der Waals surface area contributed by atoms with Gasteiger partial charge in [0.2, 0.25) is 11.8 Å². The zero-order chi connectivity index (χ0) is 15.6. The van der Waals surface area contributed by atoms with Gasteiger partial charge in [-0.15, -0.1) is 0 Å². The van der Waals surface area contributed by atoms with Crippen LogP contribution in [0.4, 0.5) is 5.69 Å². The van der Waals surface area contributed by atoms with Crippen molar-refractivity contribution in [3.63, 3.8) is 0 Å². The number of benzene rings is 1. The van der Waals surface area contributed by atoms with E-state index in [0.29, 0.717) is 6.42 Å². The first kappa shape index (κ1) is 15.0. The molecule has 2 amide bonds. The monoisotopic (exact) mass is 290 g/mol. The Morgan fingerprint density at radius 1 is 1.24 bits per heavy atom. The Bertz CT molecular complexity index is 567. The molecule has 1 N–H and O–H groups in total. The molecule has 0 radical (unpaired) electrons. The van der Waals surface area contributed by atoms with E-state index in [4.69, 9.17) is 5.11 Å². The van der Waals surface area contributed by atoms with Crippen LogP contribution in [-0.4, -0.2) is 47.9 Å². The summed E-state index contributed by atoms with van der Waals surface area (Å²) in [5, 5.41) is 9.03. The van der Waals surface area contributed by atoms with Crippen molar-refractivity contribution in [3.05, 3.63) is 29.8 Å². The third kappa shape index (κ3) is 3.21. The molecule has 1 heterocycles. The molecular weight excluding hydrogens is 272 g/mol. The Kier molecular flexibility index (Phi) is 4.26. The van der Waals surface area contributed by atoms with Gasteiger partial charge in [-0.3, -0.25) is 19.3 Å². The molecule has 1 aliphatic heterocycles. The first-order valence-corrected chi connectivity index (χ1v) is 6.75. The molecule has 0 aromatic heterocycles. The Morgan fingerprint density at radius 2 is 1.81 bits per heavy atom. The fourth-order valence-electron chi connectivity index (χ4n) is 2.31. The van der Waals surface area contributed by atoms with Crippen LogP contribution in [0.1, 0.15) is 12.5 Å². The third-order valence-electron chi connectivity index (χ3n) is 3.68. The highest BCUT2D eigenvalue weighted by Gasteiger charge is 2.29. The van der Waals surface area contributed by atoms with Gasteiger partial charge in [-0.2, -0.15) is 0 Å². The second-order valence-corrected chi connectivity index (χ2v) is 5.27. The van der Waals surface area contributed by atoms with E-state index in [1.165, 1.54) is 7.05 Å². The number of para-hydroxylation sites is 1. The van der Waals surface area contributed by atoms with Gasteiger partial charge in [0.15, 0.2) is 0 Å². The van der Waals surface area contributed by atoms with Crippen LogP contribution in [0.5, 0.6) is 0 Å². The molecule has 1 atom stereocenters. The van der Waals surface area contributed by atoms with Crippen molar-refractivity contribution in [1.82, 2.24) is 4.90 Å². The summed E-state index contributed by atoms with van der Waals surface area (Å²) in [5.41, 5.74) is 1.58. The Labute approximate surface area is 123 Å². The summed E-state index contributed by atoms with van der Waals surface area (Å²) < 4.78 is 0. The molecule has 21 heavy (non-hydrogen) atoms. The number of rotatable bonds is 4. The summed E-state index contributed by atoms with van der Waals surface area (Å²) in [5.74, 6) is -1.90. The van der Waals surface area contributed by atoms with Crippen molar-refractivity contribution in [3.8, 4) is 0 Å². The average Bonchev–Trinajstić information content (AvgIpc) is 2.44. The van der Waals surface area contributed by atoms with Crippen LogP contribution in [0.3, 0.4) is 0 Å². The topological polar surface area (TPSA) is 77.9 Å². The second kappa shape index (κ2) is 5.95. The van der Waals surface area contributed by atoms with Gasteiger partial charge < -0.3 is 10.0 Å². The molecule has 1 aromatic rings. The lowest BCUT2D eigenvalue weighted by atomic mass is 9.99. The van der Waals surface area contributed by atoms with E-state index in [1.807, 2.05) is 24.3 Å². The number of carboxylic acids is 1. The molecule has 6 heteroatoms. The minimum absolute atomic E-state index is 0.126. The number of aliphatic carboxylic acids is 1. The van der Waals surface area contributed by atoms with Crippen LogP contribution in [0, 0.1) is 5.92 Å². The number of nitrogens with zero attached hydrogens (tertiary/aromatic N) is 2. The van der Waals surface area contributed by atoms with Crippen molar-refractivity contribution in [2.75, 3.05) is 25.0 Å². The summed E-state index contributed by atoms with van der Waals surface area (Å²) in [6.07, 6.45) is 0.361. The molecule has 0 saturated carbocycles. The minimum Gasteiger partial charge on any atom is -0.481 e. The molecule has 1 aromatic carbocycles. The normalized spacial score (nSPS) is 17.0. The van der Waals surface area contributed by atoms with Crippen molar-refractivity contribution >= 4 is 23.5 Å². The molecule has 1 saturated heterocycles. The molecule has 1 fully saturated rings. The number of carbonyl (C=O) groups is 3. The van der Waals surface area contributed by atoms with Crippen molar-refractivity contribution in [1.29, 1.82) is 0 Å². The van der Waals surface area contributed by atoms with E-state index in [-0.39, 0.29) is 24.9 Å². The van der Waals surface area contributed by atoms with E-state index in [9.17, 15) is 14.4 Å². The lowest BCUT2D eigenvalue weighted by Gasteiger charge is -2.33. The average molecular weight is 290 g/mol. The number of carboxylic acid groups (broad SMARTS) is 1. The number of carbonyl (C=O) groups excluding carboxylic acids is 2. The third-order valence-corrected chi connectivity index (χ3v) is 3.68. The summed E-state index contributed by atoms with van der Waals surface area (Å²) >= 11 is 0. The van der Waals surface area contributed by atoms with Crippen LogP contribution in [0.15, 0.2) is 24.3 Å². The van der Waals surface area contributed by atoms with Gasteiger partial charge in [-0.1, -0.05) is 25.1 Å². The smallest absolute Gasteiger partial charge is 0.306 e. The van der Waals surface area contributed by atoms with Crippen LogP contribution < -0.4 is 4.90 Å². The maximum absolute atomic E-state index is 11.8. The van der Waals surface area contributed by atoms with Gasteiger partial charge in [0.25, 0.3) is 0 Å². The molecule has 112 valence electrons. The van der Waals surface area contributed by atoms with Crippen molar-refractivity contribution < 1.29 is 19.5 Å². The van der Waals surface area contributed by atoms with E-state index in [2.05, 4.69) is 0 Å². The van der Waals surface area contributed by atoms with Gasteiger partial charge in [0, 0.05) is 12.7 Å². The fourth-order valence-corrected chi connectivity index (χ4v) is 2.31. The molecular formula is C15H18N2O4. The first-order valence-electron chi connectivity index (χ1n) is 6.75. The van der Waals surface area contributed by atoms with Crippen molar-refractivity contribution in [2.45, 2.75) is 13.3 Å². The predicted octanol–water partition coefficient (Wildman–Crippen LogP) is 0.755. The van der Waals surface area contributed by atoms with E-state index >= 15 is 0 Å². The number of likely N-dealkylation sites (N-methyl/N-ethyl adjacent to an activating group) is 1. The molecule has 2 rings (SSSR count). The highest BCUT2D eigenvalue weighted by atomic mass is 16.4. The zero-order valence-corrected chi connectivity index (χ0v) is 12.1. The summed E-state index contributed by atoms with van der Waals surface area (Å²) in [6, 6.07) is 7.29. The molecule has 1 aliphatic rings. The van der Waals surface area contributed by atoms with Crippen LogP contribution in [0.25, 0.3) is 0 Å².